The van der Waals surface area contributed by atoms with Crippen LogP contribution in [0.3, 0.4) is 0 Å². The maximum absolute atomic E-state index is 6.11. The number of nitrogens with two attached hydrogens (primary N) is 2. The summed E-state index contributed by atoms with van der Waals surface area (Å²) in [4.78, 5) is 0. The molecule has 1 unspecified atom stereocenters. The summed E-state index contributed by atoms with van der Waals surface area (Å²) in [6, 6.07) is 8.24. The van der Waals surface area contributed by atoms with Crippen molar-refractivity contribution in [3.63, 3.8) is 0 Å². The van der Waals surface area contributed by atoms with Crippen LogP contribution in [0.15, 0.2) is 24.3 Å². The van der Waals surface area contributed by atoms with Gasteiger partial charge in [-0.1, -0.05) is 23.7 Å². The van der Waals surface area contributed by atoms with E-state index in [0.717, 1.165) is 23.4 Å². The van der Waals surface area contributed by atoms with Crippen molar-refractivity contribution in [3.8, 4) is 0 Å². The van der Waals surface area contributed by atoms with Crippen LogP contribution in [0, 0.1) is 5.92 Å². The molecule has 0 bridgehead atoms. The highest BCUT2D eigenvalue weighted by Crippen LogP contribution is 2.35. The summed E-state index contributed by atoms with van der Waals surface area (Å²) >= 11 is 5.81. The third-order valence-corrected chi connectivity index (χ3v) is 3.23. The highest BCUT2D eigenvalue weighted by Gasteiger charge is 2.31. The molecule has 4 N–H and O–H groups in total. The lowest BCUT2D eigenvalue weighted by Crippen LogP contribution is -2.41. The van der Waals surface area contributed by atoms with Gasteiger partial charge in [0.05, 0.1) is 0 Å². The molecule has 0 aliphatic heterocycles. The molecule has 0 aromatic heterocycles. The van der Waals surface area contributed by atoms with Crippen molar-refractivity contribution in [2.75, 3.05) is 0 Å². The van der Waals surface area contributed by atoms with Crippen molar-refractivity contribution in [1.29, 1.82) is 0 Å². The largest absolute Gasteiger partial charge is 0.328 e. The molecule has 0 amide bonds. The van der Waals surface area contributed by atoms with E-state index in [1.54, 1.807) is 0 Å². The number of halogens is 1. The quantitative estimate of drug-likeness (QED) is 0.786. The molecule has 1 fully saturated rings. The van der Waals surface area contributed by atoms with E-state index in [4.69, 9.17) is 23.1 Å². The van der Waals surface area contributed by atoms with Crippen molar-refractivity contribution >= 4 is 11.6 Å². The van der Waals surface area contributed by atoms with Crippen molar-refractivity contribution < 1.29 is 0 Å². The summed E-state index contributed by atoms with van der Waals surface area (Å²) in [7, 11) is 0. The minimum absolute atomic E-state index is 0.118. The molecule has 1 aromatic rings. The van der Waals surface area contributed by atoms with Gasteiger partial charge < -0.3 is 11.5 Å². The van der Waals surface area contributed by atoms with Crippen LogP contribution in [0.25, 0.3) is 0 Å². The highest BCUT2D eigenvalue weighted by molar-refractivity contribution is 6.30. The van der Waals surface area contributed by atoms with Crippen LogP contribution < -0.4 is 11.5 Å². The topological polar surface area (TPSA) is 52.0 Å². The molecule has 3 heteroatoms. The van der Waals surface area contributed by atoms with E-state index in [9.17, 15) is 0 Å². The lowest BCUT2D eigenvalue weighted by atomic mass is 9.74. The van der Waals surface area contributed by atoms with E-state index in [2.05, 4.69) is 0 Å². The van der Waals surface area contributed by atoms with Crippen molar-refractivity contribution in [2.24, 2.45) is 17.4 Å². The molecule has 1 aromatic carbocycles. The summed E-state index contributed by atoms with van der Waals surface area (Å²) in [6.07, 6.45) is 2.09. The third kappa shape index (κ3) is 1.92. The average Bonchev–Trinajstić information content (AvgIpc) is 2.13. The van der Waals surface area contributed by atoms with E-state index in [1.807, 2.05) is 24.3 Å². The number of hydrogen-bond donors (Lipinski definition) is 2. The first-order valence-electron chi connectivity index (χ1n) is 4.93. The molecular weight excluding hydrogens is 196 g/mol. The predicted octanol–water partition coefficient (Wildman–Crippen LogP) is 2.08. The van der Waals surface area contributed by atoms with Crippen LogP contribution in [-0.2, 0) is 0 Å². The Morgan fingerprint density at radius 2 is 1.79 bits per heavy atom. The lowest BCUT2D eigenvalue weighted by molar-refractivity contribution is 0.224. The average molecular weight is 211 g/mol. The second kappa shape index (κ2) is 3.89. The number of benzene rings is 1. The Hall–Kier alpha value is -0.570. The minimum Gasteiger partial charge on any atom is -0.328 e. The van der Waals surface area contributed by atoms with Gasteiger partial charge in [0.1, 0.15) is 0 Å². The van der Waals surface area contributed by atoms with E-state index in [0.29, 0.717) is 12.0 Å². The maximum Gasteiger partial charge on any atom is 0.0406 e. The molecule has 1 aliphatic rings. The van der Waals surface area contributed by atoms with Gasteiger partial charge in [-0.05, 0) is 36.5 Å². The van der Waals surface area contributed by atoms with Gasteiger partial charge in [0.25, 0.3) is 0 Å². The summed E-state index contributed by atoms with van der Waals surface area (Å²) < 4.78 is 0. The fourth-order valence-electron chi connectivity index (χ4n) is 1.96. The van der Waals surface area contributed by atoms with Gasteiger partial charge in [0, 0.05) is 17.1 Å². The first-order valence-corrected chi connectivity index (χ1v) is 5.31. The summed E-state index contributed by atoms with van der Waals surface area (Å²) in [5.41, 5.74) is 13.0. The molecule has 0 saturated heterocycles. The highest BCUT2D eigenvalue weighted by atomic mass is 35.5. The lowest BCUT2D eigenvalue weighted by Gasteiger charge is -2.36. The van der Waals surface area contributed by atoms with E-state index >= 15 is 0 Å². The minimum atomic E-state index is 0.118. The fraction of sp³-hybridized carbons (Fsp3) is 0.455. The summed E-state index contributed by atoms with van der Waals surface area (Å²) in [6.45, 7) is 0. The Morgan fingerprint density at radius 1 is 1.21 bits per heavy atom. The fourth-order valence-corrected chi connectivity index (χ4v) is 2.09. The van der Waals surface area contributed by atoms with Crippen LogP contribution >= 0.6 is 11.6 Å². The molecule has 1 atom stereocenters. The third-order valence-electron chi connectivity index (χ3n) is 2.97. The zero-order valence-electron chi connectivity index (χ0n) is 7.99. The number of rotatable bonds is 2. The molecule has 14 heavy (non-hydrogen) atoms. The molecule has 76 valence electrons. The summed E-state index contributed by atoms with van der Waals surface area (Å²) in [5, 5.41) is 0.756. The van der Waals surface area contributed by atoms with Gasteiger partial charge in [-0.25, -0.2) is 0 Å². The van der Waals surface area contributed by atoms with Crippen LogP contribution in [-0.4, -0.2) is 6.04 Å². The second-order valence-electron chi connectivity index (χ2n) is 4.07. The molecule has 2 rings (SSSR count). The van der Waals surface area contributed by atoms with Gasteiger partial charge in [-0.2, -0.15) is 0 Å². The van der Waals surface area contributed by atoms with Crippen LogP contribution in [0.4, 0.5) is 0 Å². The summed E-state index contributed by atoms with van der Waals surface area (Å²) in [5.74, 6) is 0.547. The normalized spacial score (nSPS) is 28.2. The Morgan fingerprint density at radius 3 is 2.29 bits per heavy atom. The van der Waals surface area contributed by atoms with Crippen LogP contribution in [0.5, 0.6) is 0 Å². The Labute approximate surface area is 89.2 Å². The predicted molar refractivity (Wildman–Crippen MR) is 59.1 cm³/mol. The second-order valence-corrected chi connectivity index (χ2v) is 4.51. The maximum atomic E-state index is 6.11. The van der Waals surface area contributed by atoms with Crippen molar-refractivity contribution in [1.82, 2.24) is 0 Å². The van der Waals surface area contributed by atoms with E-state index in [-0.39, 0.29) is 6.04 Å². The molecular formula is C11H15ClN2. The first kappa shape index (κ1) is 9.97. The van der Waals surface area contributed by atoms with Gasteiger partial charge >= 0.3 is 0 Å². The van der Waals surface area contributed by atoms with E-state index < -0.39 is 0 Å². The first-order chi connectivity index (χ1) is 6.66. The Kier molecular flexibility index (Phi) is 2.77. The van der Waals surface area contributed by atoms with Crippen LogP contribution in [0.2, 0.25) is 5.02 Å². The van der Waals surface area contributed by atoms with Gasteiger partial charge in [0.2, 0.25) is 0 Å². The van der Waals surface area contributed by atoms with Gasteiger partial charge in [0.15, 0.2) is 0 Å². The molecule has 0 radical (unpaired) electrons. The molecule has 1 saturated carbocycles. The van der Waals surface area contributed by atoms with Crippen molar-refractivity contribution in [2.45, 2.75) is 24.9 Å². The van der Waals surface area contributed by atoms with Crippen molar-refractivity contribution in [3.05, 3.63) is 34.9 Å². The van der Waals surface area contributed by atoms with E-state index in [1.165, 1.54) is 0 Å². The number of hydrogen-bond acceptors (Lipinski definition) is 2. The van der Waals surface area contributed by atoms with Crippen LogP contribution in [0.1, 0.15) is 24.4 Å². The zero-order valence-corrected chi connectivity index (χ0v) is 8.74. The van der Waals surface area contributed by atoms with Gasteiger partial charge in [-0.3, -0.25) is 0 Å². The molecule has 2 nitrogen and oxygen atoms in total. The molecule has 0 heterocycles. The monoisotopic (exact) mass is 210 g/mol. The molecule has 1 aliphatic carbocycles. The standard InChI is InChI=1S/C11H15ClN2/c12-9-3-1-7(2-4-9)11(14)8-5-10(13)6-8/h1-4,8,10-11H,5-6,13-14H2. The zero-order chi connectivity index (χ0) is 10.1. The Balaban J connectivity index is 2.04. The SMILES string of the molecule is NC1CC(C(N)c2ccc(Cl)cc2)C1. The smallest absolute Gasteiger partial charge is 0.0406 e. The van der Waals surface area contributed by atoms with Gasteiger partial charge in [-0.15, -0.1) is 0 Å². The Bertz CT molecular complexity index is 304. The molecule has 0 spiro atoms.